The van der Waals surface area contributed by atoms with Crippen LogP contribution in [-0.4, -0.2) is 36.3 Å². The highest BCUT2D eigenvalue weighted by atomic mass is 19.4. The van der Waals surface area contributed by atoms with Crippen molar-refractivity contribution >= 4 is 11.9 Å². The molecule has 10 heteroatoms. The summed E-state index contributed by atoms with van der Waals surface area (Å²) in [4.78, 5) is 18.0. The Bertz CT molecular complexity index is 1220. The Morgan fingerprint density at radius 3 is 2.06 bits per heavy atom. The molecule has 1 atom stereocenters. The summed E-state index contributed by atoms with van der Waals surface area (Å²) in [5, 5.41) is 0. The molecule has 0 aromatic heterocycles. The fraction of sp³-hybridized carbons (Fsp3) is 0.231. The lowest BCUT2D eigenvalue weighted by Crippen LogP contribution is -2.36. The van der Waals surface area contributed by atoms with Gasteiger partial charge in [0, 0.05) is 0 Å². The van der Waals surface area contributed by atoms with Crippen LogP contribution in [0.5, 0.6) is 5.75 Å². The number of ether oxygens (including phenoxy) is 2. The number of nitrogens with zero attached hydrogens (tertiary/aromatic N) is 2. The maximum absolute atomic E-state index is 14.4. The molecular formula is C26H23F5N2O3. The van der Waals surface area contributed by atoms with Crippen molar-refractivity contribution in [2.45, 2.75) is 26.8 Å². The second-order valence-electron chi connectivity index (χ2n) is 7.57. The van der Waals surface area contributed by atoms with E-state index in [0.717, 1.165) is 22.6 Å². The molecule has 1 heterocycles. The molecule has 0 saturated carbocycles. The number of hydrogen-bond acceptors (Lipinski definition) is 4. The van der Waals surface area contributed by atoms with Gasteiger partial charge in [-0.25, -0.2) is 13.6 Å². The van der Waals surface area contributed by atoms with Crippen LogP contribution in [0.1, 0.15) is 31.5 Å². The first kappa shape index (κ1) is 26.7. The highest BCUT2D eigenvalue weighted by Crippen LogP contribution is 2.32. The van der Waals surface area contributed by atoms with E-state index in [9.17, 15) is 26.7 Å². The Labute approximate surface area is 204 Å². The van der Waals surface area contributed by atoms with Crippen molar-refractivity contribution in [3.8, 4) is 16.9 Å². The van der Waals surface area contributed by atoms with Gasteiger partial charge in [-0.05, 0) is 47.9 Å². The quantitative estimate of drug-likeness (QED) is 0.346. The average molecular weight is 506 g/mol. The van der Waals surface area contributed by atoms with Crippen molar-refractivity contribution in [3.63, 3.8) is 0 Å². The Hall–Kier alpha value is -3.95. The van der Waals surface area contributed by atoms with E-state index in [1.165, 1.54) is 30.3 Å². The molecule has 1 amide bonds. The van der Waals surface area contributed by atoms with Gasteiger partial charge in [0.1, 0.15) is 23.2 Å². The lowest BCUT2D eigenvalue weighted by atomic mass is 10.0. The van der Waals surface area contributed by atoms with E-state index in [1.54, 1.807) is 31.2 Å². The predicted molar refractivity (Wildman–Crippen MR) is 125 cm³/mol. The Kier molecular flexibility index (Phi) is 7.96. The fourth-order valence-corrected chi connectivity index (χ4v) is 3.72. The topological polar surface area (TPSA) is 51.1 Å². The summed E-state index contributed by atoms with van der Waals surface area (Å²) in [7, 11) is 0. The smallest absolute Gasteiger partial charge is 0.449 e. The molecule has 0 radical (unpaired) electrons. The maximum atomic E-state index is 14.4. The maximum Gasteiger partial charge on any atom is 0.573 e. The fourth-order valence-electron chi connectivity index (χ4n) is 3.72. The molecule has 1 aliphatic rings. The van der Waals surface area contributed by atoms with Gasteiger partial charge in [0.05, 0.1) is 24.8 Å². The van der Waals surface area contributed by atoms with E-state index in [4.69, 9.17) is 4.74 Å². The molecule has 3 aromatic carbocycles. The highest BCUT2D eigenvalue weighted by Gasteiger charge is 2.35. The van der Waals surface area contributed by atoms with E-state index in [0.29, 0.717) is 11.1 Å². The van der Waals surface area contributed by atoms with Gasteiger partial charge in [-0.2, -0.15) is 0 Å². The van der Waals surface area contributed by atoms with Gasteiger partial charge >= 0.3 is 12.5 Å². The van der Waals surface area contributed by atoms with Crippen molar-refractivity contribution in [3.05, 3.63) is 89.5 Å². The number of rotatable bonds is 5. The second-order valence-corrected chi connectivity index (χ2v) is 7.57. The summed E-state index contributed by atoms with van der Waals surface area (Å²) in [6.07, 6.45) is -5.54. The van der Waals surface area contributed by atoms with Crippen LogP contribution in [-0.2, 0) is 4.74 Å². The van der Waals surface area contributed by atoms with Crippen LogP contribution in [0.25, 0.3) is 11.1 Å². The Balaban J connectivity index is 0.00000361. The molecule has 0 N–H and O–H groups in total. The standard InChI is InChI=1S/C25H19F5N2O3.CH4/c1-2-34-24(33)32-14-21(31-23(32)22-19(26)4-3-5-20(22)27)17-8-6-15(7-9-17)16-10-12-18(13-11-16)35-25(28,29)30;/h3-13,21H,2,14H2,1H3;1H4. The van der Waals surface area contributed by atoms with E-state index in [-0.39, 0.29) is 32.2 Å². The summed E-state index contributed by atoms with van der Waals surface area (Å²) < 4.78 is 74.9. The summed E-state index contributed by atoms with van der Waals surface area (Å²) >= 11 is 0. The molecule has 0 saturated heterocycles. The zero-order valence-corrected chi connectivity index (χ0v) is 18.4. The molecule has 190 valence electrons. The van der Waals surface area contributed by atoms with Crippen LogP contribution in [0.4, 0.5) is 26.7 Å². The molecular weight excluding hydrogens is 483 g/mol. The number of carbonyl (C=O) groups excluding carboxylic acids is 1. The highest BCUT2D eigenvalue weighted by molar-refractivity contribution is 6.08. The van der Waals surface area contributed by atoms with Gasteiger partial charge in [-0.15, -0.1) is 13.2 Å². The van der Waals surface area contributed by atoms with E-state index >= 15 is 0 Å². The summed E-state index contributed by atoms with van der Waals surface area (Å²) in [6, 6.07) is 15.1. The molecule has 36 heavy (non-hydrogen) atoms. The number of benzene rings is 3. The molecule has 3 aromatic rings. The molecule has 1 unspecified atom stereocenters. The molecule has 4 rings (SSSR count). The third-order valence-corrected chi connectivity index (χ3v) is 5.28. The SMILES string of the molecule is C.CCOC(=O)N1CC(c2ccc(-c3ccc(OC(F)(F)F)cc3)cc2)N=C1c1c(F)cccc1F. The number of alkyl halides is 3. The Morgan fingerprint density at radius 1 is 0.972 bits per heavy atom. The van der Waals surface area contributed by atoms with E-state index in [2.05, 4.69) is 9.73 Å². The number of halogens is 5. The lowest BCUT2D eigenvalue weighted by Gasteiger charge is -2.19. The first-order chi connectivity index (χ1) is 16.7. The largest absolute Gasteiger partial charge is 0.573 e. The first-order valence-corrected chi connectivity index (χ1v) is 10.6. The summed E-state index contributed by atoms with van der Waals surface area (Å²) in [6.45, 7) is 1.71. The molecule has 0 bridgehead atoms. The molecule has 0 aliphatic carbocycles. The first-order valence-electron chi connectivity index (χ1n) is 10.6. The van der Waals surface area contributed by atoms with Gasteiger partial charge in [-0.3, -0.25) is 9.89 Å². The normalized spacial score (nSPS) is 15.2. The van der Waals surface area contributed by atoms with E-state index in [1.807, 2.05) is 0 Å². The zero-order valence-electron chi connectivity index (χ0n) is 18.4. The van der Waals surface area contributed by atoms with E-state index < -0.39 is 35.7 Å². The van der Waals surface area contributed by atoms with Gasteiger partial charge in [-0.1, -0.05) is 49.9 Å². The van der Waals surface area contributed by atoms with Crippen molar-refractivity contribution in [2.24, 2.45) is 4.99 Å². The minimum Gasteiger partial charge on any atom is -0.449 e. The van der Waals surface area contributed by atoms with Gasteiger partial charge in [0.2, 0.25) is 0 Å². The summed E-state index contributed by atoms with van der Waals surface area (Å²) in [5.74, 6) is -2.20. The van der Waals surface area contributed by atoms with Crippen molar-refractivity contribution in [1.82, 2.24) is 4.90 Å². The van der Waals surface area contributed by atoms with Crippen LogP contribution in [0.3, 0.4) is 0 Å². The summed E-state index contributed by atoms with van der Waals surface area (Å²) in [5.41, 5.74) is 1.63. The number of aliphatic imine (C=N–C) groups is 1. The minimum atomic E-state index is -4.77. The molecule has 0 spiro atoms. The van der Waals surface area contributed by atoms with Crippen LogP contribution < -0.4 is 4.74 Å². The van der Waals surface area contributed by atoms with Crippen molar-refractivity contribution < 1.29 is 36.2 Å². The monoisotopic (exact) mass is 506 g/mol. The number of amidine groups is 1. The average Bonchev–Trinajstić information content (AvgIpc) is 3.24. The molecule has 5 nitrogen and oxygen atoms in total. The lowest BCUT2D eigenvalue weighted by molar-refractivity contribution is -0.274. The molecule has 0 fully saturated rings. The van der Waals surface area contributed by atoms with Gasteiger partial charge in [0.15, 0.2) is 0 Å². The molecule has 1 aliphatic heterocycles. The predicted octanol–water partition coefficient (Wildman–Crippen LogP) is 7.13. The van der Waals surface area contributed by atoms with Crippen LogP contribution in [0, 0.1) is 11.6 Å². The minimum absolute atomic E-state index is 0. The third-order valence-electron chi connectivity index (χ3n) is 5.28. The van der Waals surface area contributed by atoms with Crippen LogP contribution >= 0.6 is 0 Å². The van der Waals surface area contributed by atoms with Crippen LogP contribution in [0.15, 0.2) is 71.7 Å². The van der Waals surface area contributed by atoms with Gasteiger partial charge < -0.3 is 9.47 Å². The number of amides is 1. The van der Waals surface area contributed by atoms with Gasteiger partial charge in [0.25, 0.3) is 0 Å². The number of hydrogen-bond donors (Lipinski definition) is 0. The number of carbonyl (C=O) groups is 1. The zero-order chi connectivity index (χ0) is 25.2. The van der Waals surface area contributed by atoms with Crippen LogP contribution in [0.2, 0.25) is 0 Å². The van der Waals surface area contributed by atoms with Crippen molar-refractivity contribution in [2.75, 3.05) is 13.2 Å². The Morgan fingerprint density at radius 2 is 1.53 bits per heavy atom. The third kappa shape index (κ3) is 5.81. The van der Waals surface area contributed by atoms with Crippen molar-refractivity contribution in [1.29, 1.82) is 0 Å². The second kappa shape index (κ2) is 10.8.